The zero-order valence-electron chi connectivity index (χ0n) is 15.8. The van der Waals surface area contributed by atoms with Gasteiger partial charge in [-0.25, -0.2) is 0 Å². The summed E-state index contributed by atoms with van der Waals surface area (Å²) in [7, 11) is 4.87. The van der Waals surface area contributed by atoms with Crippen molar-refractivity contribution in [3.63, 3.8) is 0 Å². The van der Waals surface area contributed by atoms with Crippen molar-refractivity contribution in [1.82, 2.24) is 5.32 Å². The Kier molecular flexibility index (Phi) is 7.53. The molecular weight excluding hydrogens is 334 g/mol. The van der Waals surface area contributed by atoms with Gasteiger partial charge in [0, 0.05) is 20.1 Å². The first kappa shape index (κ1) is 19.8. The zero-order valence-corrected chi connectivity index (χ0v) is 15.8. The van der Waals surface area contributed by atoms with Crippen molar-refractivity contribution in [3.8, 4) is 11.5 Å². The maximum atomic E-state index is 12.5. The Morgan fingerprint density at radius 2 is 1.96 bits per heavy atom. The van der Waals surface area contributed by atoms with Crippen LogP contribution in [-0.2, 0) is 16.0 Å². The van der Waals surface area contributed by atoms with E-state index in [9.17, 15) is 4.79 Å². The summed E-state index contributed by atoms with van der Waals surface area (Å²) >= 11 is 0. The molecule has 1 aromatic heterocycles. The minimum absolute atomic E-state index is 0.0509. The van der Waals surface area contributed by atoms with E-state index < -0.39 is 0 Å². The molecule has 26 heavy (non-hydrogen) atoms. The third kappa shape index (κ3) is 5.52. The lowest BCUT2D eigenvalue weighted by molar-refractivity contribution is -0.122. The molecule has 6 heteroatoms. The quantitative estimate of drug-likeness (QED) is 0.702. The molecule has 0 spiro atoms. The summed E-state index contributed by atoms with van der Waals surface area (Å²) in [6, 6.07) is 9.15. The molecule has 0 bridgehead atoms. The second-order valence-electron chi connectivity index (χ2n) is 6.03. The van der Waals surface area contributed by atoms with Crippen molar-refractivity contribution in [2.75, 3.05) is 27.9 Å². The Labute approximate surface area is 154 Å². The SMILES string of the molecule is COCC[C@H](NC(=O)CCc1cc(OC)ccc1OC)c1ccc(C)o1. The van der Waals surface area contributed by atoms with Crippen molar-refractivity contribution in [3.05, 3.63) is 47.4 Å². The van der Waals surface area contributed by atoms with Crippen LogP contribution in [0.4, 0.5) is 0 Å². The smallest absolute Gasteiger partial charge is 0.220 e. The molecule has 1 aromatic carbocycles. The van der Waals surface area contributed by atoms with E-state index in [2.05, 4.69) is 5.32 Å². The Morgan fingerprint density at radius 1 is 1.15 bits per heavy atom. The average molecular weight is 361 g/mol. The van der Waals surface area contributed by atoms with Crippen molar-refractivity contribution in [2.45, 2.75) is 32.2 Å². The fourth-order valence-corrected chi connectivity index (χ4v) is 2.75. The predicted molar refractivity (Wildman–Crippen MR) is 98.7 cm³/mol. The summed E-state index contributed by atoms with van der Waals surface area (Å²) in [6.07, 6.45) is 1.55. The van der Waals surface area contributed by atoms with E-state index in [1.807, 2.05) is 37.3 Å². The summed E-state index contributed by atoms with van der Waals surface area (Å²) in [5.74, 6) is 3.00. The number of benzene rings is 1. The Hall–Kier alpha value is -2.47. The topological polar surface area (TPSA) is 69.9 Å². The van der Waals surface area contributed by atoms with Crippen molar-refractivity contribution in [2.24, 2.45) is 0 Å². The van der Waals surface area contributed by atoms with Crippen LogP contribution < -0.4 is 14.8 Å². The van der Waals surface area contributed by atoms with E-state index in [1.165, 1.54) is 0 Å². The molecule has 1 heterocycles. The van der Waals surface area contributed by atoms with Gasteiger partial charge >= 0.3 is 0 Å². The molecule has 2 aromatic rings. The summed E-state index contributed by atoms with van der Waals surface area (Å²) < 4.78 is 21.4. The van der Waals surface area contributed by atoms with E-state index in [-0.39, 0.29) is 11.9 Å². The van der Waals surface area contributed by atoms with Crippen LogP contribution in [0, 0.1) is 6.92 Å². The van der Waals surface area contributed by atoms with Gasteiger partial charge in [0.05, 0.1) is 20.3 Å². The number of carbonyl (C=O) groups is 1. The Morgan fingerprint density at radius 3 is 2.58 bits per heavy atom. The fourth-order valence-electron chi connectivity index (χ4n) is 2.75. The molecule has 0 unspecified atom stereocenters. The maximum absolute atomic E-state index is 12.5. The molecule has 142 valence electrons. The van der Waals surface area contributed by atoms with Crippen molar-refractivity contribution in [1.29, 1.82) is 0 Å². The minimum Gasteiger partial charge on any atom is -0.497 e. The maximum Gasteiger partial charge on any atom is 0.220 e. The van der Waals surface area contributed by atoms with Crippen LogP contribution in [-0.4, -0.2) is 33.8 Å². The van der Waals surface area contributed by atoms with E-state index in [1.54, 1.807) is 21.3 Å². The molecule has 1 amide bonds. The number of rotatable bonds is 10. The van der Waals surface area contributed by atoms with E-state index in [0.717, 1.165) is 28.6 Å². The van der Waals surface area contributed by atoms with Crippen LogP contribution in [0.1, 0.15) is 36.0 Å². The zero-order chi connectivity index (χ0) is 18.9. The van der Waals surface area contributed by atoms with Gasteiger partial charge in [-0.1, -0.05) is 0 Å². The number of ether oxygens (including phenoxy) is 3. The molecule has 0 saturated carbocycles. The molecule has 0 aliphatic heterocycles. The molecule has 0 radical (unpaired) electrons. The highest BCUT2D eigenvalue weighted by atomic mass is 16.5. The van der Waals surface area contributed by atoms with Gasteiger partial charge in [-0.3, -0.25) is 4.79 Å². The van der Waals surface area contributed by atoms with Gasteiger partial charge in [-0.05, 0) is 55.7 Å². The first-order chi connectivity index (χ1) is 12.6. The Balaban J connectivity index is 1.99. The van der Waals surface area contributed by atoms with E-state index in [0.29, 0.717) is 25.9 Å². The third-order valence-electron chi connectivity index (χ3n) is 4.16. The standard InChI is InChI=1S/C20H27NO5/c1-14-5-8-19(26-14)17(11-12-23-2)21-20(22)10-6-15-13-16(24-3)7-9-18(15)25-4/h5,7-9,13,17H,6,10-12H2,1-4H3,(H,21,22)/t17-/m0/s1. The van der Waals surface area contributed by atoms with E-state index in [4.69, 9.17) is 18.6 Å². The first-order valence-electron chi connectivity index (χ1n) is 8.63. The average Bonchev–Trinajstić information content (AvgIpc) is 3.09. The van der Waals surface area contributed by atoms with Crippen LogP contribution in [0.15, 0.2) is 34.7 Å². The van der Waals surface area contributed by atoms with Crippen LogP contribution >= 0.6 is 0 Å². The van der Waals surface area contributed by atoms with Crippen molar-refractivity contribution >= 4 is 5.91 Å². The third-order valence-corrected chi connectivity index (χ3v) is 4.16. The molecule has 0 saturated heterocycles. The van der Waals surface area contributed by atoms with Crippen molar-refractivity contribution < 1.29 is 23.4 Å². The lowest BCUT2D eigenvalue weighted by atomic mass is 10.1. The van der Waals surface area contributed by atoms with Gasteiger partial charge in [-0.15, -0.1) is 0 Å². The summed E-state index contributed by atoms with van der Waals surface area (Å²) in [6.45, 7) is 2.42. The second kappa shape index (κ2) is 9.87. The first-order valence-corrected chi connectivity index (χ1v) is 8.63. The second-order valence-corrected chi connectivity index (χ2v) is 6.03. The molecule has 0 aliphatic carbocycles. The van der Waals surface area contributed by atoms with Gasteiger partial charge in [0.2, 0.25) is 5.91 Å². The van der Waals surface area contributed by atoms with Crippen LogP contribution in [0.2, 0.25) is 0 Å². The molecule has 1 atom stereocenters. The molecular formula is C20H27NO5. The van der Waals surface area contributed by atoms with E-state index >= 15 is 0 Å². The van der Waals surface area contributed by atoms with Gasteiger partial charge < -0.3 is 23.9 Å². The molecule has 0 fully saturated rings. The highest BCUT2D eigenvalue weighted by Crippen LogP contribution is 2.25. The number of methoxy groups -OCH3 is 3. The molecule has 6 nitrogen and oxygen atoms in total. The number of hydrogen-bond acceptors (Lipinski definition) is 5. The van der Waals surface area contributed by atoms with Crippen LogP contribution in [0.25, 0.3) is 0 Å². The molecule has 1 N–H and O–H groups in total. The Bertz CT molecular complexity index is 710. The number of carbonyl (C=O) groups excluding carboxylic acids is 1. The predicted octanol–water partition coefficient (Wildman–Crippen LogP) is 3.43. The lowest BCUT2D eigenvalue weighted by Gasteiger charge is -2.17. The fraction of sp³-hybridized carbons (Fsp3) is 0.450. The van der Waals surface area contributed by atoms with Crippen LogP contribution in [0.3, 0.4) is 0 Å². The van der Waals surface area contributed by atoms with Gasteiger partial charge in [0.15, 0.2) is 0 Å². The van der Waals surface area contributed by atoms with Gasteiger partial charge in [0.1, 0.15) is 23.0 Å². The number of amides is 1. The van der Waals surface area contributed by atoms with Gasteiger partial charge in [0.25, 0.3) is 0 Å². The summed E-state index contributed by atoms with van der Waals surface area (Å²) in [5.41, 5.74) is 0.935. The van der Waals surface area contributed by atoms with Crippen LogP contribution in [0.5, 0.6) is 11.5 Å². The number of furan rings is 1. The largest absolute Gasteiger partial charge is 0.497 e. The number of nitrogens with one attached hydrogen (secondary N) is 1. The normalized spacial score (nSPS) is 11.8. The van der Waals surface area contributed by atoms with Gasteiger partial charge in [-0.2, -0.15) is 0 Å². The minimum atomic E-state index is -0.205. The summed E-state index contributed by atoms with van der Waals surface area (Å²) in [4.78, 5) is 12.5. The summed E-state index contributed by atoms with van der Waals surface area (Å²) in [5, 5.41) is 3.03. The number of hydrogen-bond donors (Lipinski definition) is 1. The lowest BCUT2D eigenvalue weighted by Crippen LogP contribution is -2.29. The molecule has 0 aliphatic rings. The molecule has 2 rings (SSSR count). The number of aryl methyl sites for hydroxylation is 2. The highest BCUT2D eigenvalue weighted by molar-refractivity contribution is 5.76. The highest BCUT2D eigenvalue weighted by Gasteiger charge is 2.18. The monoisotopic (exact) mass is 361 g/mol.